The van der Waals surface area contributed by atoms with Crippen LogP contribution in [0.25, 0.3) is 5.76 Å². The maximum absolute atomic E-state index is 13.7. The van der Waals surface area contributed by atoms with Gasteiger partial charge in [-0.25, -0.2) is 8.78 Å². The topological polar surface area (TPSA) is 70.5 Å². The first kappa shape index (κ1) is 21.4. The normalized spacial score (nSPS) is 17.7. The third-order valence-electron chi connectivity index (χ3n) is 5.55. The monoisotopic (exact) mass is 434 g/mol. The van der Waals surface area contributed by atoms with Crippen LogP contribution >= 0.6 is 0 Å². The Morgan fingerprint density at radius 1 is 1.03 bits per heavy atom. The molecule has 1 N–H and O–H groups in total. The maximum atomic E-state index is 13.7. The Balaban J connectivity index is 1.76. The van der Waals surface area contributed by atoms with Gasteiger partial charge < -0.3 is 10.0 Å². The van der Waals surface area contributed by atoms with E-state index in [9.17, 15) is 23.5 Å². The zero-order valence-corrected chi connectivity index (χ0v) is 17.3. The highest BCUT2D eigenvalue weighted by Gasteiger charge is 2.45. The van der Waals surface area contributed by atoms with Crippen molar-refractivity contribution in [3.8, 4) is 0 Å². The lowest BCUT2D eigenvalue weighted by atomic mass is 9.95. The van der Waals surface area contributed by atoms with Crippen LogP contribution in [0, 0.1) is 18.6 Å². The highest BCUT2D eigenvalue weighted by atomic mass is 19.1. The van der Waals surface area contributed by atoms with Crippen LogP contribution in [-0.2, 0) is 16.0 Å². The molecule has 1 atom stereocenters. The Morgan fingerprint density at radius 3 is 2.38 bits per heavy atom. The van der Waals surface area contributed by atoms with Gasteiger partial charge in [-0.15, -0.1) is 0 Å². The standard InChI is InChI=1S/C25H20F2N2O3/c1-15-14-18(4-7-20(15)27)23(30)21-22(17-8-11-28-12-9-17)29(25(32)24(21)31)13-10-16-2-5-19(26)6-3-16/h2-9,11-12,14,22,30H,10,13H2,1H3/b23-21-. The fourth-order valence-electron chi connectivity index (χ4n) is 3.85. The second-order valence-electron chi connectivity index (χ2n) is 7.61. The number of aliphatic hydroxyl groups excluding tert-OH is 1. The van der Waals surface area contributed by atoms with Crippen molar-refractivity contribution in [2.45, 2.75) is 19.4 Å². The number of aryl methyl sites for hydroxylation is 1. The van der Waals surface area contributed by atoms with Gasteiger partial charge in [0.05, 0.1) is 11.6 Å². The molecule has 0 saturated carbocycles. The number of rotatable bonds is 5. The molecule has 0 bridgehead atoms. The van der Waals surface area contributed by atoms with Gasteiger partial charge in [0.1, 0.15) is 17.4 Å². The molecule has 1 aliphatic heterocycles. The number of amides is 1. The second-order valence-corrected chi connectivity index (χ2v) is 7.61. The number of benzene rings is 2. The molecule has 1 fully saturated rings. The summed E-state index contributed by atoms with van der Waals surface area (Å²) in [4.78, 5) is 31.3. The summed E-state index contributed by atoms with van der Waals surface area (Å²) >= 11 is 0. The number of carbonyl (C=O) groups excluding carboxylic acids is 2. The highest BCUT2D eigenvalue weighted by Crippen LogP contribution is 2.39. The number of likely N-dealkylation sites (tertiary alicyclic amines) is 1. The zero-order chi connectivity index (χ0) is 22.8. The molecule has 32 heavy (non-hydrogen) atoms. The number of Topliss-reactive ketones (excluding diaryl/α,β-unsaturated/α-hetero) is 1. The molecule has 2 heterocycles. The molecular formula is C25H20F2N2O3. The van der Waals surface area contributed by atoms with E-state index in [-0.39, 0.29) is 29.3 Å². The Morgan fingerprint density at radius 2 is 1.72 bits per heavy atom. The smallest absolute Gasteiger partial charge is 0.295 e. The number of aliphatic hydroxyl groups is 1. The molecule has 0 spiro atoms. The van der Waals surface area contributed by atoms with Crippen LogP contribution in [0.1, 0.15) is 28.3 Å². The van der Waals surface area contributed by atoms with E-state index in [0.29, 0.717) is 17.5 Å². The molecule has 1 aliphatic rings. The SMILES string of the molecule is Cc1cc(/C(O)=C2/C(=O)C(=O)N(CCc3ccc(F)cc3)C2c2ccncc2)ccc1F. The van der Waals surface area contributed by atoms with Crippen molar-refractivity contribution in [3.05, 3.63) is 106 Å². The van der Waals surface area contributed by atoms with Gasteiger partial charge in [0, 0.05) is 24.5 Å². The third kappa shape index (κ3) is 4.01. The number of nitrogens with zero attached hydrogens (tertiary/aromatic N) is 2. The van der Waals surface area contributed by atoms with Crippen molar-refractivity contribution < 1.29 is 23.5 Å². The molecule has 5 nitrogen and oxygen atoms in total. The summed E-state index contributed by atoms with van der Waals surface area (Å²) in [6.07, 6.45) is 3.47. The molecule has 1 saturated heterocycles. The largest absolute Gasteiger partial charge is 0.507 e. The lowest BCUT2D eigenvalue weighted by molar-refractivity contribution is -0.139. The summed E-state index contributed by atoms with van der Waals surface area (Å²) in [5, 5.41) is 11.0. The summed E-state index contributed by atoms with van der Waals surface area (Å²) in [6, 6.07) is 12.4. The summed E-state index contributed by atoms with van der Waals surface area (Å²) in [5.74, 6) is -2.72. The van der Waals surface area contributed by atoms with Gasteiger partial charge in [0.2, 0.25) is 0 Å². The van der Waals surface area contributed by atoms with E-state index in [1.807, 2.05) is 0 Å². The maximum Gasteiger partial charge on any atom is 0.295 e. The lowest BCUT2D eigenvalue weighted by Gasteiger charge is -2.25. The third-order valence-corrected chi connectivity index (χ3v) is 5.55. The number of hydrogen-bond donors (Lipinski definition) is 1. The second kappa shape index (κ2) is 8.70. The van der Waals surface area contributed by atoms with Gasteiger partial charge in [-0.3, -0.25) is 14.6 Å². The van der Waals surface area contributed by atoms with Crippen molar-refractivity contribution in [2.24, 2.45) is 0 Å². The van der Waals surface area contributed by atoms with Gasteiger partial charge in [-0.1, -0.05) is 12.1 Å². The minimum atomic E-state index is -0.830. The molecule has 1 amide bonds. The molecule has 3 aromatic rings. The van der Waals surface area contributed by atoms with Crippen LogP contribution < -0.4 is 0 Å². The van der Waals surface area contributed by atoms with Crippen molar-refractivity contribution in [1.29, 1.82) is 0 Å². The van der Waals surface area contributed by atoms with Crippen LogP contribution in [0.3, 0.4) is 0 Å². The number of carbonyl (C=O) groups is 2. The van der Waals surface area contributed by atoms with E-state index in [2.05, 4.69) is 4.98 Å². The predicted octanol–water partition coefficient (Wildman–Crippen LogP) is 4.33. The van der Waals surface area contributed by atoms with Gasteiger partial charge in [0.25, 0.3) is 11.7 Å². The molecule has 1 unspecified atom stereocenters. The van der Waals surface area contributed by atoms with E-state index < -0.39 is 23.5 Å². The molecule has 0 radical (unpaired) electrons. The van der Waals surface area contributed by atoms with Gasteiger partial charge >= 0.3 is 0 Å². The van der Waals surface area contributed by atoms with E-state index in [1.54, 1.807) is 31.2 Å². The summed E-state index contributed by atoms with van der Waals surface area (Å²) in [7, 11) is 0. The van der Waals surface area contributed by atoms with Gasteiger partial charge in [0.15, 0.2) is 0 Å². The van der Waals surface area contributed by atoms with Crippen LogP contribution in [-0.4, -0.2) is 33.2 Å². The number of pyridine rings is 1. The summed E-state index contributed by atoms with van der Waals surface area (Å²) < 4.78 is 26.9. The van der Waals surface area contributed by atoms with Crippen molar-refractivity contribution in [3.63, 3.8) is 0 Å². The van der Waals surface area contributed by atoms with Crippen molar-refractivity contribution in [2.75, 3.05) is 6.54 Å². The van der Waals surface area contributed by atoms with Gasteiger partial charge in [-0.05, 0) is 72.5 Å². The molecule has 1 aromatic heterocycles. The first-order chi connectivity index (χ1) is 15.4. The Bertz CT molecular complexity index is 1210. The number of ketones is 1. The van der Waals surface area contributed by atoms with Crippen LogP contribution in [0.2, 0.25) is 0 Å². The lowest BCUT2D eigenvalue weighted by Crippen LogP contribution is -2.31. The minimum absolute atomic E-state index is 0.0636. The Kier molecular flexibility index (Phi) is 5.81. The van der Waals surface area contributed by atoms with Crippen LogP contribution in [0.15, 0.2) is 72.6 Å². The predicted molar refractivity (Wildman–Crippen MR) is 114 cm³/mol. The summed E-state index contributed by atoms with van der Waals surface area (Å²) in [5.41, 5.74) is 1.90. The van der Waals surface area contributed by atoms with E-state index in [0.717, 1.165) is 5.56 Å². The molecule has 162 valence electrons. The first-order valence-electron chi connectivity index (χ1n) is 10.1. The molecule has 0 aliphatic carbocycles. The van der Waals surface area contributed by atoms with Crippen LogP contribution in [0.4, 0.5) is 8.78 Å². The number of aromatic nitrogens is 1. The fraction of sp³-hybridized carbons (Fsp3) is 0.160. The minimum Gasteiger partial charge on any atom is -0.507 e. The van der Waals surface area contributed by atoms with Crippen LogP contribution in [0.5, 0.6) is 0 Å². The molecule has 7 heteroatoms. The Hall–Kier alpha value is -3.87. The average molecular weight is 434 g/mol. The number of halogens is 2. The van der Waals surface area contributed by atoms with E-state index >= 15 is 0 Å². The Labute approximate surface area is 183 Å². The van der Waals surface area contributed by atoms with Gasteiger partial charge in [-0.2, -0.15) is 0 Å². The van der Waals surface area contributed by atoms with E-state index in [4.69, 9.17) is 0 Å². The molecular weight excluding hydrogens is 414 g/mol. The highest BCUT2D eigenvalue weighted by molar-refractivity contribution is 6.46. The fourth-order valence-corrected chi connectivity index (χ4v) is 3.85. The quantitative estimate of drug-likeness (QED) is 0.369. The van der Waals surface area contributed by atoms with Crippen molar-refractivity contribution in [1.82, 2.24) is 9.88 Å². The number of hydrogen-bond acceptors (Lipinski definition) is 4. The zero-order valence-electron chi connectivity index (χ0n) is 17.3. The summed E-state index contributed by atoms with van der Waals surface area (Å²) in [6.45, 7) is 1.73. The average Bonchev–Trinajstić information content (AvgIpc) is 3.05. The van der Waals surface area contributed by atoms with E-state index in [1.165, 1.54) is 47.6 Å². The first-order valence-corrected chi connectivity index (χ1v) is 10.1. The van der Waals surface area contributed by atoms with Crippen molar-refractivity contribution >= 4 is 17.4 Å². The molecule has 4 rings (SSSR count). The molecule has 2 aromatic carbocycles.